The molecular weight excluding hydrogens is 140 g/mol. The van der Waals surface area contributed by atoms with Gasteiger partial charge in [0, 0.05) is 19.6 Å². The first kappa shape index (κ1) is 10.4. The van der Waals surface area contributed by atoms with Crippen LogP contribution in [0.5, 0.6) is 0 Å². The molecule has 64 valence electrons. The fourth-order valence-electron chi connectivity index (χ4n) is 0.696. The van der Waals surface area contributed by atoms with Gasteiger partial charge in [-0.3, -0.25) is 0 Å². The van der Waals surface area contributed by atoms with Crippen LogP contribution in [0.1, 0.15) is 25.7 Å². The lowest BCUT2D eigenvalue weighted by Crippen LogP contribution is -2.04. The van der Waals surface area contributed by atoms with Crippen molar-refractivity contribution in [1.82, 2.24) is 0 Å². The van der Waals surface area contributed by atoms with Crippen molar-refractivity contribution in [3.05, 3.63) is 0 Å². The smallest absolute Gasteiger partial charge is 0.0621 e. The summed E-state index contributed by atoms with van der Waals surface area (Å²) in [6.45, 7) is 2.21. The van der Waals surface area contributed by atoms with E-state index >= 15 is 0 Å². The average molecular weight is 156 g/mol. The van der Waals surface area contributed by atoms with Crippen LogP contribution in [-0.2, 0) is 4.74 Å². The molecule has 0 atom stereocenters. The largest absolute Gasteiger partial charge is 0.381 e. The number of nitriles is 1. The Morgan fingerprint density at radius 1 is 1.18 bits per heavy atom. The van der Waals surface area contributed by atoms with Crippen molar-refractivity contribution in [2.45, 2.75) is 25.7 Å². The van der Waals surface area contributed by atoms with Gasteiger partial charge >= 0.3 is 0 Å². The molecule has 0 amide bonds. The Bertz CT molecular complexity index is 109. The van der Waals surface area contributed by atoms with Gasteiger partial charge in [0.1, 0.15) is 0 Å². The zero-order valence-corrected chi connectivity index (χ0v) is 6.88. The summed E-state index contributed by atoms with van der Waals surface area (Å²) in [7, 11) is 0. The standard InChI is InChI=1S/C8H16N2O/c9-5-2-1-3-7-11-8-4-6-10/h1-4,6-8,10H2. The fraction of sp³-hybridized carbons (Fsp3) is 0.875. The van der Waals surface area contributed by atoms with Crippen molar-refractivity contribution in [3.63, 3.8) is 0 Å². The minimum Gasteiger partial charge on any atom is -0.381 e. The molecule has 0 saturated carbocycles. The average Bonchev–Trinajstić information content (AvgIpc) is 2.03. The third kappa shape index (κ3) is 9.41. The minimum atomic E-state index is 0.639. The Balaban J connectivity index is 2.75. The number of nitrogens with zero attached hydrogens (tertiary/aromatic N) is 1. The molecule has 0 aromatic heterocycles. The van der Waals surface area contributed by atoms with Crippen LogP contribution >= 0.6 is 0 Å². The summed E-state index contributed by atoms with van der Waals surface area (Å²) in [4.78, 5) is 0. The second-order valence-corrected chi connectivity index (χ2v) is 2.37. The predicted molar refractivity (Wildman–Crippen MR) is 44.0 cm³/mol. The molecule has 11 heavy (non-hydrogen) atoms. The maximum atomic E-state index is 8.20. The summed E-state index contributed by atoms with van der Waals surface area (Å²) in [6.07, 6.45) is 3.50. The molecule has 0 unspecified atom stereocenters. The molecular formula is C8H16N2O. The van der Waals surface area contributed by atoms with Crippen LogP contribution in [-0.4, -0.2) is 19.8 Å². The summed E-state index contributed by atoms with van der Waals surface area (Å²) < 4.78 is 5.23. The van der Waals surface area contributed by atoms with Crippen LogP contribution < -0.4 is 5.73 Å². The number of ether oxygens (including phenoxy) is 1. The zero-order valence-electron chi connectivity index (χ0n) is 6.88. The minimum absolute atomic E-state index is 0.639. The van der Waals surface area contributed by atoms with Crippen molar-refractivity contribution in [1.29, 1.82) is 5.26 Å². The van der Waals surface area contributed by atoms with E-state index < -0.39 is 0 Å². The van der Waals surface area contributed by atoms with E-state index in [0.717, 1.165) is 32.5 Å². The molecule has 0 fully saturated rings. The van der Waals surface area contributed by atoms with Gasteiger partial charge in [0.2, 0.25) is 0 Å². The van der Waals surface area contributed by atoms with Crippen molar-refractivity contribution in [3.8, 4) is 6.07 Å². The van der Waals surface area contributed by atoms with Gasteiger partial charge in [-0.15, -0.1) is 0 Å². The van der Waals surface area contributed by atoms with Gasteiger partial charge in [-0.1, -0.05) is 0 Å². The number of hydrogen-bond donors (Lipinski definition) is 1. The summed E-state index contributed by atoms with van der Waals surface area (Å²) >= 11 is 0. The van der Waals surface area contributed by atoms with Crippen molar-refractivity contribution >= 4 is 0 Å². The van der Waals surface area contributed by atoms with Gasteiger partial charge in [0.15, 0.2) is 0 Å². The fourth-order valence-corrected chi connectivity index (χ4v) is 0.696. The lowest BCUT2D eigenvalue weighted by atomic mass is 10.3. The molecule has 3 heteroatoms. The molecule has 0 aromatic carbocycles. The lowest BCUT2D eigenvalue weighted by Gasteiger charge is -2.00. The summed E-state index contributed by atoms with van der Waals surface area (Å²) in [6, 6.07) is 2.09. The molecule has 0 aromatic rings. The van der Waals surface area contributed by atoms with E-state index in [4.69, 9.17) is 15.7 Å². The van der Waals surface area contributed by atoms with Gasteiger partial charge in [0.25, 0.3) is 0 Å². The van der Waals surface area contributed by atoms with Crippen LogP contribution in [0.4, 0.5) is 0 Å². The number of unbranched alkanes of at least 4 members (excludes halogenated alkanes) is 2. The second kappa shape index (κ2) is 9.41. The normalized spacial score (nSPS) is 9.45. The first-order chi connectivity index (χ1) is 5.41. The third-order valence-corrected chi connectivity index (χ3v) is 1.32. The number of hydrogen-bond acceptors (Lipinski definition) is 3. The maximum Gasteiger partial charge on any atom is 0.0621 e. The van der Waals surface area contributed by atoms with E-state index in [1.807, 2.05) is 0 Å². The molecule has 0 heterocycles. The number of nitrogens with two attached hydrogens (primary N) is 1. The molecule has 0 aliphatic heterocycles. The van der Waals surface area contributed by atoms with Crippen LogP contribution in [0, 0.1) is 11.3 Å². The van der Waals surface area contributed by atoms with E-state index in [9.17, 15) is 0 Å². The van der Waals surface area contributed by atoms with Gasteiger partial charge < -0.3 is 10.5 Å². The highest BCUT2D eigenvalue weighted by Gasteiger charge is 1.88. The highest BCUT2D eigenvalue weighted by molar-refractivity contribution is 4.67. The Morgan fingerprint density at radius 3 is 2.55 bits per heavy atom. The molecule has 2 N–H and O–H groups in total. The van der Waals surface area contributed by atoms with Crippen LogP contribution in [0.2, 0.25) is 0 Å². The van der Waals surface area contributed by atoms with Crippen LogP contribution in [0.15, 0.2) is 0 Å². The van der Waals surface area contributed by atoms with Crippen molar-refractivity contribution in [2.75, 3.05) is 19.8 Å². The van der Waals surface area contributed by atoms with Crippen LogP contribution in [0.25, 0.3) is 0 Å². The Kier molecular flexibility index (Phi) is 8.91. The van der Waals surface area contributed by atoms with E-state index in [1.54, 1.807) is 0 Å². The molecule has 0 spiro atoms. The Labute approximate surface area is 68.1 Å². The predicted octanol–water partition coefficient (Wildman–Crippen LogP) is 1.05. The SMILES string of the molecule is N#CCCCCOCCCN. The highest BCUT2D eigenvalue weighted by Crippen LogP contribution is 1.94. The second-order valence-electron chi connectivity index (χ2n) is 2.37. The van der Waals surface area contributed by atoms with Crippen molar-refractivity contribution < 1.29 is 4.74 Å². The lowest BCUT2D eigenvalue weighted by molar-refractivity contribution is 0.129. The topological polar surface area (TPSA) is 59.0 Å². The van der Waals surface area contributed by atoms with E-state index in [1.165, 1.54) is 0 Å². The first-order valence-electron chi connectivity index (χ1n) is 4.06. The van der Waals surface area contributed by atoms with E-state index in [2.05, 4.69) is 6.07 Å². The molecule has 0 aliphatic rings. The van der Waals surface area contributed by atoms with Gasteiger partial charge in [0.05, 0.1) is 6.07 Å². The van der Waals surface area contributed by atoms with Gasteiger partial charge in [-0.2, -0.15) is 5.26 Å². The molecule has 0 radical (unpaired) electrons. The molecule has 0 rings (SSSR count). The van der Waals surface area contributed by atoms with Crippen LogP contribution in [0.3, 0.4) is 0 Å². The Morgan fingerprint density at radius 2 is 1.91 bits per heavy atom. The van der Waals surface area contributed by atoms with E-state index in [-0.39, 0.29) is 0 Å². The summed E-state index contributed by atoms with van der Waals surface area (Å²) in [5.41, 5.74) is 5.27. The highest BCUT2D eigenvalue weighted by atomic mass is 16.5. The Hall–Kier alpha value is -0.590. The molecule has 0 bridgehead atoms. The van der Waals surface area contributed by atoms with E-state index in [0.29, 0.717) is 13.0 Å². The van der Waals surface area contributed by atoms with Gasteiger partial charge in [-0.05, 0) is 25.8 Å². The first-order valence-corrected chi connectivity index (χ1v) is 4.06. The number of rotatable bonds is 7. The zero-order chi connectivity index (χ0) is 8.36. The summed E-state index contributed by atoms with van der Waals surface area (Å²) in [5, 5.41) is 8.20. The molecule has 0 saturated heterocycles. The monoisotopic (exact) mass is 156 g/mol. The molecule has 3 nitrogen and oxygen atoms in total. The van der Waals surface area contributed by atoms with Crippen molar-refractivity contribution in [2.24, 2.45) is 5.73 Å². The molecule has 0 aliphatic carbocycles. The quantitative estimate of drug-likeness (QED) is 0.560. The summed E-state index contributed by atoms with van der Waals surface area (Å²) in [5.74, 6) is 0. The third-order valence-electron chi connectivity index (χ3n) is 1.32. The maximum absolute atomic E-state index is 8.20. The van der Waals surface area contributed by atoms with Gasteiger partial charge in [-0.25, -0.2) is 0 Å².